The predicted octanol–water partition coefficient (Wildman–Crippen LogP) is 8.75. The molecule has 4 heteroatoms. The van der Waals surface area contributed by atoms with Crippen LogP contribution in [-0.4, -0.2) is 28.8 Å². The van der Waals surface area contributed by atoms with Crippen LogP contribution in [0.2, 0.25) is 36.3 Å². The van der Waals surface area contributed by atoms with Gasteiger partial charge in [0, 0.05) is 12.0 Å². The van der Waals surface area contributed by atoms with Gasteiger partial charge in [0.05, 0.1) is 6.10 Å². The highest BCUT2D eigenvalue weighted by Crippen LogP contribution is 2.38. The lowest BCUT2D eigenvalue weighted by atomic mass is 9.94. The van der Waals surface area contributed by atoms with Gasteiger partial charge in [-0.3, -0.25) is 0 Å². The molecule has 0 unspecified atom stereocenters. The minimum absolute atomic E-state index is 0.121. The zero-order chi connectivity index (χ0) is 23.8. The summed E-state index contributed by atoms with van der Waals surface area (Å²) in [4.78, 5) is 0. The molecule has 30 heavy (non-hydrogen) atoms. The molecule has 0 aromatic carbocycles. The summed E-state index contributed by atoms with van der Waals surface area (Å²) in [6.45, 7) is 31.4. The molecular formula is C26H52O2Si2. The van der Waals surface area contributed by atoms with E-state index in [0.717, 1.165) is 0 Å². The lowest BCUT2D eigenvalue weighted by molar-refractivity contribution is 0.158. The van der Waals surface area contributed by atoms with E-state index in [9.17, 15) is 0 Å². The Morgan fingerprint density at radius 3 is 1.83 bits per heavy atom. The van der Waals surface area contributed by atoms with E-state index in [1.165, 1.54) is 23.7 Å². The van der Waals surface area contributed by atoms with Gasteiger partial charge in [-0.2, -0.15) is 0 Å². The highest BCUT2D eigenvalue weighted by molar-refractivity contribution is 6.74. The Bertz CT molecular complexity index is 560. The molecule has 0 bridgehead atoms. The van der Waals surface area contributed by atoms with E-state index in [0.29, 0.717) is 11.8 Å². The van der Waals surface area contributed by atoms with Gasteiger partial charge in [-0.05, 0) is 61.6 Å². The zero-order valence-electron chi connectivity index (χ0n) is 22.3. The van der Waals surface area contributed by atoms with Gasteiger partial charge in [-0.1, -0.05) is 86.3 Å². The predicted molar refractivity (Wildman–Crippen MR) is 141 cm³/mol. The van der Waals surface area contributed by atoms with Crippen LogP contribution in [0.4, 0.5) is 0 Å². The number of hydrogen-bond donors (Lipinski definition) is 0. The van der Waals surface area contributed by atoms with Gasteiger partial charge >= 0.3 is 0 Å². The van der Waals surface area contributed by atoms with Crippen molar-refractivity contribution >= 4 is 16.6 Å². The number of rotatable bonds is 13. The Labute approximate surface area is 191 Å². The summed E-state index contributed by atoms with van der Waals surface area (Å²) in [5.41, 5.74) is 1.33. The van der Waals surface area contributed by atoms with Crippen LogP contribution in [-0.2, 0) is 8.85 Å². The van der Waals surface area contributed by atoms with Gasteiger partial charge in [0.1, 0.15) is 0 Å². The third-order valence-corrected chi connectivity index (χ3v) is 16.5. The number of allylic oxidation sites excluding steroid dienone is 2. The zero-order valence-corrected chi connectivity index (χ0v) is 24.3. The standard InChI is InChI=1S/C26H52O2Si2/c1-14-18-19-21(5)25(28-30(15-2,16-3)17-4)23(7)20-22(6)24(8)27-29(12,13)26(9,10)11/h14,18-22,24-25H,1,15-17H2,2-13H3/b19-18-,23-20+/t21-,22-,24+,25+/m0/s1. The lowest BCUT2D eigenvalue weighted by Gasteiger charge is -2.40. The maximum atomic E-state index is 7.00. The van der Waals surface area contributed by atoms with Gasteiger partial charge in [0.25, 0.3) is 0 Å². The summed E-state index contributed by atoms with van der Waals surface area (Å²) >= 11 is 0. The van der Waals surface area contributed by atoms with Gasteiger partial charge in [0.2, 0.25) is 0 Å². The maximum absolute atomic E-state index is 7.00. The maximum Gasteiger partial charge on any atom is 0.192 e. The summed E-state index contributed by atoms with van der Waals surface area (Å²) in [5, 5.41) is 0.226. The third-order valence-electron chi connectivity index (χ3n) is 7.34. The fraction of sp³-hybridized carbons (Fsp3) is 0.769. The Morgan fingerprint density at radius 1 is 0.933 bits per heavy atom. The summed E-state index contributed by atoms with van der Waals surface area (Å²) in [5.74, 6) is 0.668. The van der Waals surface area contributed by atoms with Gasteiger partial charge in [-0.25, -0.2) is 0 Å². The van der Waals surface area contributed by atoms with Crippen LogP contribution in [0.25, 0.3) is 0 Å². The van der Waals surface area contributed by atoms with Crippen molar-refractivity contribution in [3.63, 3.8) is 0 Å². The molecule has 0 aliphatic heterocycles. The van der Waals surface area contributed by atoms with Crippen molar-refractivity contribution in [1.29, 1.82) is 0 Å². The van der Waals surface area contributed by atoms with Crippen LogP contribution in [0.3, 0.4) is 0 Å². The van der Waals surface area contributed by atoms with E-state index in [2.05, 4.69) is 101 Å². The molecule has 0 aliphatic rings. The van der Waals surface area contributed by atoms with Crippen molar-refractivity contribution in [3.8, 4) is 0 Å². The SMILES string of the molecule is C=C/C=C\[C@H](C)[C@@H](O[Si](CC)(CC)CC)/C(C)=C/[C@H](C)[C@@H](C)O[Si](C)(C)C(C)(C)C. The summed E-state index contributed by atoms with van der Waals surface area (Å²) in [6.07, 6.45) is 8.86. The topological polar surface area (TPSA) is 18.5 Å². The van der Waals surface area contributed by atoms with Crippen LogP contribution in [0.1, 0.15) is 69.2 Å². The Balaban J connectivity index is 5.75. The molecule has 0 fully saturated rings. The first-order valence-corrected chi connectivity index (χ1v) is 17.5. The van der Waals surface area contributed by atoms with Crippen molar-refractivity contribution in [2.45, 2.75) is 118 Å². The second-order valence-electron chi connectivity index (χ2n) is 10.6. The molecule has 0 N–H and O–H groups in total. The van der Waals surface area contributed by atoms with Crippen LogP contribution in [0.15, 0.2) is 36.5 Å². The average Bonchev–Trinajstić information content (AvgIpc) is 2.66. The molecule has 0 spiro atoms. The third kappa shape index (κ3) is 8.60. The quantitative estimate of drug-likeness (QED) is 0.158. The highest BCUT2D eigenvalue weighted by atomic mass is 28.4. The van der Waals surface area contributed by atoms with E-state index in [1.54, 1.807) is 0 Å². The monoisotopic (exact) mass is 452 g/mol. The summed E-state index contributed by atoms with van der Waals surface area (Å²) in [7, 11) is -3.49. The normalized spacial score (nSPS) is 18.3. The molecule has 2 nitrogen and oxygen atoms in total. The van der Waals surface area contributed by atoms with Crippen molar-refractivity contribution in [1.82, 2.24) is 0 Å². The van der Waals surface area contributed by atoms with Gasteiger partial charge < -0.3 is 8.85 Å². The molecule has 4 atom stereocenters. The van der Waals surface area contributed by atoms with E-state index in [4.69, 9.17) is 8.85 Å². The van der Waals surface area contributed by atoms with Crippen molar-refractivity contribution in [3.05, 3.63) is 36.5 Å². The highest BCUT2D eigenvalue weighted by Gasteiger charge is 2.39. The minimum atomic E-state index is -1.78. The van der Waals surface area contributed by atoms with Crippen LogP contribution in [0.5, 0.6) is 0 Å². The largest absolute Gasteiger partial charge is 0.414 e. The molecule has 0 radical (unpaired) electrons. The fourth-order valence-corrected chi connectivity index (χ4v) is 8.07. The number of hydrogen-bond acceptors (Lipinski definition) is 2. The second kappa shape index (κ2) is 12.6. The molecule has 0 saturated heterocycles. The van der Waals surface area contributed by atoms with E-state index in [1.807, 2.05) is 12.2 Å². The summed E-state index contributed by atoms with van der Waals surface area (Å²) in [6, 6.07) is 3.51. The van der Waals surface area contributed by atoms with Crippen LogP contribution in [0, 0.1) is 11.8 Å². The van der Waals surface area contributed by atoms with Crippen molar-refractivity contribution in [2.24, 2.45) is 11.8 Å². The van der Waals surface area contributed by atoms with E-state index >= 15 is 0 Å². The van der Waals surface area contributed by atoms with Crippen LogP contribution < -0.4 is 0 Å². The summed E-state index contributed by atoms with van der Waals surface area (Å²) < 4.78 is 13.7. The molecule has 0 aliphatic carbocycles. The van der Waals surface area contributed by atoms with Gasteiger partial charge in [-0.15, -0.1) is 0 Å². The smallest absolute Gasteiger partial charge is 0.192 e. The first kappa shape index (κ1) is 29.6. The molecule has 0 rings (SSSR count). The van der Waals surface area contributed by atoms with Crippen molar-refractivity contribution < 1.29 is 8.85 Å². The van der Waals surface area contributed by atoms with E-state index in [-0.39, 0.29) is 17.2 Å². The fourth-order valence-electron chi connectivity index (χ4n) is 3.63. The lowest BCUT2D eigenvalue weighted by Crippen LogP contribution is -2.44. The second-order valence-corrected chi connectivity index (χ2v) is 20.1. The Hall–Kier alpha value is -0.426. The Kier molecular flexibility index (Phi) is 12.4. The molecule has 0 amide bonds. The minimum Gasteiger partial charge on any atom is -0.414 e. The molecule has 0 heterocycles. The Morgan fingerprint density at radius 2 is 1.43 bits per heavy atom. The molecule has 0 aromatic rings. The van der Waals surface area contributed by atoms with Crippen LogP contribution >= 0.6 is 0 Å². The first-order valence-electron chi connectivity index (χ1n) is 12.0. The molecule has 0 aromatic heterocycles. The van der Waals surface area contributed by atoms with Crippen molar-refractivity contribution in [2.75, 3.05) is 0 Å². The molecular weight excluding hydrogens is 400 g/mol. The first-order chi connectivity index (χ1) is 13.7. The van der Waals surface area contributed by atoms with E-state index < -0.39 is 16.6 Å². The molecule has 0 saturated carbocycles. The van der Waals surface area contributed by atoms with Gasteiger partial charge in [0.15, 0.2) is 16.6 Å². The molecule has 176 valence electrons. The average molecular weight is 453 g/mol.